The largest absolute Gasteiger partial charge is 0.491 e. The minimum Gasteiger partial charge on any atom is -0.491 e. The van der Waals surface area contributed by atoms with Crippen molar-refractivity contribution in [2.75, 3.05) is 7.11 Å². The van der Waals surface area contributed by atoms with Crippen LogP contribution in [0.3, 0.4) is 0 Å². The summed E-state index contributed by atoms with van der Waals surface area (Å²) in [5, 5.41) is 0. The average molecular weight is 208 g/mol. The number of carbonyl (C=O) groups excluding carboxylic acids is 1. The van der Waals surface area contributed by atoms with Crippen LogP contribution in [0.25, 0.3) is 0 Å². The molecular weight excluding hydrogens is 192 g/mol. The van der Waals surface area contributed by atoms with Crippen LogP contribution in [0, 0.1) is 6.92 Å². The number of methoxy groups -OCH3 is 1. The summed E-state index contributed by atoms with van der Waals surface area (Å²) in [6, 6.07) is 5.29. The molecule has 0 amide bonds. The highest BCUT2D eigenvalue weighted by molar-refractivity contribution is 5.89. The number of hydrogen-bond donors (Lipinski definition) is 0. The summed E-state index contributed by atoms with van der Waals surface area (Å²) in [6.07, 6.45) is 0.0941. The van der Waals surface area contributed by atoms with Crippen LogP contribution in [0.4, 0.5) is 0 Å². The number of carbonyl (C=O) groups is 1. The van der Waals surface area contributed by atoms with Gasteiger partial charge in [-0.2, -0.15) is 0 Å². The molecule has 1 aromatic rings. The Morgan fingerprint density at radius 3 is 2.53 bits per heavy atom. The zero-order chi connectivity index (χ0) is 11.4. The van der Waals surface area contributed by atoms with Gasteiger partial charge in [-0.1, -0.05) is 6.07 Å². The third-order valence-corrected chi connectivity index (χ3v) is 1.97. The maximum atomic E-state index is 11.3. The first-order valence-corrected chi connectivity index (χ1v) is 4.90. The van der Waals surface area contributed by atoms with E-state index in [-0.39, 0.29) is 12.1 Å². The average Bonchev–Trinajstić information content (AvgIpc) is 2.19. The maximum absolute atomic E-state index is 11.3. The highest BCUT2D eigenvalue weighted by atomic mass is 16.5. The molecule has 1 aromatic carbocycles. The zero-order valence-electron chi connectivity index (χ0n) is 9.53. The van der Waals surface area contributed by atoms with Crippen molar-refractivity contribution in [3.05, 3.63) is 29.3 Å². The lowest BCUT2D eigenvalue weighted by Crippen LogP contribution is -2.08. The molecule has 0 saturated carbocycles. The molecule has 0 spiro atoms. The van der Waals surface area contributed by atoms with Gasteiger partial charge in [-0.3, -0.25) is 0 Å². The Hall–Kier alpha value is -1.51. The van der Waals surface area contributed by atoms with Crippen LogP contribution in [0.1, 0.15) is 29.8 Å². The molecule has 0 bridgehead atoms. The summed E-state index contributed by atoms with van der Waals surface area (Å²) in [7, 11) is 1.37. The standard InChI is InChI=1S/C12H16O3/c1-8(2)15-11-7-10(12(13)14-4)6-5-9(11)3/h5-8H,1-4H3. The third kappa shape index (κ3) is 2.98. The Labute approximate surface area is 90.0 Å². The van der Waals surface area contributed by atoms with E-state index in [0.717, 1.165) is 11.3 Å². The van der Waals surface area contributed by atoms with Crippen LogP contribution in [-0.2, 0) is 4.74 Å². The second kappa shape index (κ2) is 4.82. The molecule has 0 heterocycles. The normalized spacial score (nSPS) is 10.2. The van der Waals surface area contributed by atoms with Crippen molar-refractivity contribution < 1.29 is 14.3 Å². The van der Waals surface area contributed by atoms with Crippen molar-refractivity contribution in [1.82, 2.24) is 0 Å². The van der Waals surface area contributed by atoms with E-state index in [4.69, 9.17) is 4.74 Å². The number of ether oxygens (including phenoxy) is 2. The van der Waals surface area contributed by atoms with Crippen molar-refractivity contribution in [3.63, 3.8) is 0 Å². The first-order valence-electron chi connectivity index (χ1n) is 4.90. The molecule has 0 radical (unpaired) electrons. The number of benzene rings is 1. The van der Waals surface area contributed by atoms with Gasteiger partial charge in [0.05, 0.1) is 18.8 Å². The van der Waals surface area contributed by atoms with Crippen LogP contribution in [0.2, 0.25) is 0 Å². The van der Waals surface area contributed by atoms with Crippen LogP contribution in [0.15, 0.2) is 18.2 Å². The number of hydrogen-bond acceptors (Lipinski definition) is 3. The van der Waals surface area contributed by atoms with E-state index in [1.807, 2.05) is 26.8 Å². The molecule has 0 aromatic heterocycles. The molecule has 0 saturated heterocycles. The summed E-state index contributed by atoms with van der Waals surface area (Å²) >= 11 is 0. The smallest absolute Gasteiger partial charge is 0.337 e. The second-order valence-electron chi connectivity index (χ2n) is 3.64. The molecular formula is C12H16O3. The molecule has 0 aliphatic rings. The Bertz CT molecular complexity index is 356. The van der Waals surface area contributed by atoms with Crippen LogP contribution >= 0.6 is 0 Å². The lowest BCUT2D eigenvalue weighted by molar-refractivity contribution is 0.0600. The Morgan fingerprint density at radius 2 is 2.00 bits per heavy atom. The Morgan fingerprint density at radius 1 is 1.33 bits per heavy atom. The van der Waals surface area contributed by atoms with Crippen molar-refractivity contribution in [1.29, 1.82) is 0 Å². The van der Waals surface area contributed by atoms with E-state index >= 15 is 0 Å². The predicted molar refractivity (Wildman–Crippen MR) is 58.3 cm³/mol. The van der Waals surface area contributed by atoms with Gasteiger partial charge in [0.15, 0.2) is 0 Å². The van der Waals surface area contributed by atoms with Crippen molar-refractivity contribution in [2.45, 2.75) is 26.9 Å². The summed E-state index contributed by atoms with van der Waals surface area (Å²) in [5.41, 5.74) is 1.52. The molecule has 0 atom stereocenters. The van der Waals surface area contributed by atoms with Crippen molar-refractivity contribution >= 4 is 5.97 Å². The number of rotatable bonds is 3. The minimum atomic E-state index is -0.344. The van der Waals surface area contributed by atoms with Gasteiger partial charge in [-0.05, 0) is 38.5 Å². The molecule has 0 aliphatic heterocycles. The maximum Gasteiger partial charge on any atom is 0.337 e. The van der Waals surface area contributed by atoms with E-state index in [2.05, 4.69) is 4.74 Å². The first-order chi connectivity index (χ1) is 7.04. The molecule has 82 valence electrons. The molecule has 15 heavy (non-hydrogen) atoms. The molecule has 0 aliphatic carbocycles. The van der Waals surface area contributed by atoms with Gasteiger partial charge in [-0.25, -0.2) is 4.79 Å². The van der Waals surface area contributed by atoms with Gasteiger partial charge in [0.1, 0.15) is 5.75 Å². The zero-order valence-corrected chi connectivity index (χ0v) is 9.53. The van der Waals surface area contributed by atoms with Crippen molar-refractivity contribution in [3.8, 4) is 5.75 Å². The highest BCUT2D eigenvalue weighted by Gasteiger charge is 2.09. The van der Waals surface area contributed by atoms with Gasteiger partial charge < -0.3 is 9.47 Å². The summed E-state index contributed by atoms with van der Waals surface area (Å²) in [5.74, 6) is 0.386. The second-order valence-corrected chi connectivity index (χ2v) is 3.64. The predicted octanol–water partition coefficient (Wildman–Crippen LogP) is 2.57. The van der Waals surface area contributed by atoms with Crippen LogP contribution in [-0.4, -0.2) is 19.2 Å². The van der Waals surface area contributed by atoms with E-state index < -0.39 is 0 Å². The number of esters is 1. The lowest BCUT2D eigenvalue weighted by atomic mass is 10.1. The monoisotopic (exact) mass is 208 g/mol. The molecule has 0 N–H and O–H groups in total. The van der Waals surface area contributed by atoms with Gasteiger partial charge >= 0.3 is 5.97 Å². The van der Waals surface area contributed by atoms with Crippen LogP contribution in [0.5, 0.6) is 5.75 Å². The fourth-order valence-electron chi connectivity index (χ4n) is 1.23. The summed E-state index contributed by atoms with van der Waals surface area (Å²) in [6.45, 7) is 5.84. The fraction of sp³-hybridized carbons (Fsp3) is 0.417. The molecule has 3 nitrogen and oxygen atoms in total. The SMILES string of the molecule is COC(=O)c1ccc(C)c(OC(C)C)c1. The van der Waals surface area contributed by atoms with E-state index in [0.29, 0.717) is 5.56 Å². The number of aryl methyl sites for hydroxylation is 1. The first kappa shape index (κ1) is 11.6. The van der Waals surface area contributed by atoms with E-state index in [1.54, 1.807) is 12.1 Å². The molecule has 0 fully saturated rings. The highest BCUT2D eigenvalue weighted by Crippen LogP contribution is 2.21. The van der Waals surface area contributed by atoms with E-state index in [1.165, 1.54) is 7.11 Å². The molecule has 0 unspecified atom stereocenters. The molecule has 1 rings (SSSR count). The minimum absolute atomic E-state index is 0.0941. The van der Waals surface area contributed by atoms with E-state index in [9.17, 15) is 4.79 Å². The van der Waals surface area contributed by atoms with Crippen LogP contribution < -0.4 is 4.74 Å². The quantitative estimate of drug-likeness (QED) is 0.716. The topological polar surface area (TPSA) is 35.5 Å². The summed E-state index contributed by atoms with van der Waals surface area (Å²) < 4.78 is 10.2. The fourth-order valence-corrected chi connectivity index (χ4v) is 1.23. The Kier molecular flexibility index (Phi) is 3.72. The third-order valence-electron chi connectivity index (χ3n) is 1.97. The van der Waals surface area contributed by atoms with Gasteiger partial charge in [0, 0.05) is 0 Å². The Balaban J connectivity index is 2.99. The summed E-state index contributed by atoms with van der Waals surface area (Å²) in [4.78, 5) is 11.3. The van der Waals surface area contributed by atoms with Gasteiger partial charge in [0.2, 0.25) is 0 Å². The van der Waals surface area contributed by atoms with Crippen molar-refractivity contribution in [2.24, 2.45) is 0 Å². The lowest BCUT2D eigenvalue weighted by Gasteiger charge is -2.13. The molecule has 3 heteroatoms. The van der Waals surface area contributed by atoms with Gasteiger partial charge in [-0.15, -0.1) is 0 Å². The van der Waals surface area contributed by atoms with Gasteiger partial charge in [0.25, 0.3) is 0 Å².